The number of morpholine rings is 1. The normalized spacial score (nSPS) is 32.6. The predicted molar refractivity (Wildman–Crippen MR) is 190 cm³/mol. The number of cyclic esters (lactones) is 1. The molecule has 5 bridgehead atoms. The number of amides is 3. The fourth-order valence-corrected chi connectivity index (χ4v) is 8.50. The molecule has 3 fully saturated rings. The van der Waals surface area contributed by atoms with Crippen molar-refractivity contribution >= 4 is 23.7 Å². The summed E-state index contributed by atoms with van der Waals surface area (Å²) in [7, 11) is 1.71. The predicted octanol–water partition coefficient (Wildman–Crippen LogP) is 2.51. The van der Waals surface area contributed by atoms with Gasteiger partial charge in [-0.25, -0.2) is 0 Å². The van der Waals surface area contributed by atoms with Gasteiger partial charge in [0, 0.05) is 46.2 Å². The SMILES string of the molecule is C[C@@H]1[C@@H](c2ccccc2)OC(=O)[C@@H]2[C@@H]3C=C[C@]4(O3)[C@H](C(=O)N(CCN3CCOCC3)C/C=C\CCC(=O)N1C)N([C@H](CO)c1ccccc1)C(=O)[C@@H]24. The number of likely N-dealkylation sites (tertiary alicyclic amines) is 1. The number of allylic oxidation sites excluding steroid dienone is 1. The first-order valence-electron chi connectivity index (χ1n) is 18.3. The average molecular weight is 713 g/mol. The van der Waals surface area contributed by atoms with Crippen molar-refractivity contribution in [2.75, 3.05) is 59.6 Å². The average Bonchev–Trinajstić information content (AvgIpc) is 3.82. The summed E-state index contributed by atoms with van der Waals surface area (Å²) in [6, 6.07) is 15.9. The van der Waals surface area contributed by atoms with Crippen LogP contribution in [-0.4, -0.2) is 132 Å². The van der Waals surface area contributed by atoms with E-state index in [2.05, 4.69) is 4.90 Å². The van der Waals surface area contributed by atoms with Crippen LogP contribution in [0.3, 0.4) is 0 Å². The highest BCUT2D eigenvalue weighted by Gasteiger charge is 2.74. The molecule has 0 aliphatic carbocycles. The van der Waals surface area contributed by atoms with Crippen molar-refractivity contribution in [3.05, 3.63) is 96.1 Å². The zero-order valence-corrected chi connectivity index (χ0v) is 29.8. The minimum Gasteiger partial charge on any atom is -0.455 e. The van der Waals surface area contributed by atoms with Gasteiger partial charge in [-0.2, -0.15) is 0 Å². The van der Waals surface area contributed by atoms with E-state index in [1.54, 1.807) is 29.0 Å². The fraction of sp³-hybridized carbons (Fsp3) is 0.500. The Labute approximate surface area is 304 Å². The number of nitrogens with zero attached hydrogens (tertiary/aromatic N) is 4. The van der Waals surface area contributed by atoms with E-state index < -0.39 is 66.3 Å². The van der Waals surface area contributed by atoms with Gasteiger partial charge in [0.15, 0.2) is 0 Å². The van der Waals surface area contributed by atoms with E-state index in [-0.39, 0.29) is 24.8 Å². The van der Waals surface area contributed by atoms with Crippen molar-refractivity contribution in [2.24, 2.45) is 11.8 Å². The van der Waals surface area contributed by atoms with E-state index in [1.165, 1.54) is 4.90 Å². The van der Waals surface area contributed by atoms with Crippen LogP contribution in [0.25, 0.3) is 0 Å². The van der Waals surface area contributed by atoms with Gasteiger partial charge in [-0.05, 0) is 24.5 Å². The molecule has 5 aliphatic rings. The molecule has 1 N–H and O–H groups in total. The Morgan fingerprint density at radius 3 is 2.35 bits per heavy atom. The first-order chi connectivity index (χ1) is 25.2. The zero-order valence-electron chi connectivity index (χ0n) is 29.8. The molecule has 3 amide bonds. The summed E-state index contributed by atoms with van der Waals surface area (Å²) in [5.74, 6) is -3.65. The lowest BCUT2D eigenvalue weighted by Gasteiger charge is -2.39. The van der Waals surface area contributed by atoms with E-state index in [1.807, 2.05) is 79.7 Å². The maximum Gasteiger partial charge on any atom is 0.313 e. The summed E-state index contributed by atoms with van der Waals surface area (Å²) in [6.07, 6.45) is 6.41. The standard InChI is InChI=1S/C40H48N4O8/c1-27-35(29-14-8-4-9-15-29)51-39(49)33-31-17-18-40(52-31)34(33)37(47)44(30(26-45)28-12-6-3-7-13-28)36(40)38(48)43(21-20-42-22-24-50-25-23-42)19-11-5-10-16-32(46)41(27)2/h3-9,11-15,17-18,27,30-31,33-36,45H,10,16,19-26H2,1-2H3/b11-5-/t27-,30-,31+,33-,34-,35+,36+,40-/m1/s1. The van der Waals surface area contributed by atoms with Gasteiger partial charge in [0.2, 0.25) is 17.7 Å². The van der Waals surface area contributed by atoms with E-state index in [9.17, 15) is 19.5 Å². The van der Waals surface area contributed by atoms with Crippen molar-refractivity contribution < 1.29 is 38.5 Å². The Bertz CT molecular complexity index is 1680. The van der Waals surface area contributed by atoms with Crippen molar-refractivity contribution in [2.45, 2.75) is 55.7 Å². The minimum atomic E-state index is -1.46. The van der Waals surface area contributed by atoms with E-state index in [0.29, 0.717) is 43.9 Å². The molecular formula is C40H48N4O8. The van der Waals surface area contributed by atoms with E-state index in [4.69, 9.17) is 14.2 Å². The second-order valence-electron chi connectivity index (χ2n) is 14.3. The fourth-order valence-electron chi connectivity index (χ4n) is 8.50. The van der Waals surface area contributed by atoms with Gasteiger partial charge in [-0.3, -0.25) is 24.1 Å². The molecule has 0 aromatic heterocycles. The Hall–Kier alpha value is -4.36. The number of ether oxygens (including phenoxy) is 3. The summed E-state index contributed by atoms with van der Waals surface area (Å²) >= 11 is 0. The number of esters is 1. The first-order valence-corrected chi connectivity index (χ1v) is 18.3. The van der Waals surface area contributed by atoms with Crippen molar-refractivity contribution in [3.8, 4) is 0 Å². The minimum absolute atomic E-state index is 0.107. The second-order valence-corrected chi connectivity index (χ2v) is 14.3. The van der Waals surface area contributed by atoms with Gasteiger partial charge in [-0.15, -0.1) is 0 Å². The van der Waals surface area contributed by atoms with Crippen LogP contribution < -0.4 is 0 Å². The summed E-state index contributed by atoms with van der Waals surface area (Å²) < 4.78 is 18.5. The van der Waals surface area contributed by atoms with Gasteiger partial charge in [0.05, 0.1) is 43.9 Å². The third kappa shape index (κ3) is 6.57. The number of hydrogen-bond donors (Lipinski definition) is 1. The first kappa shape index (κ1) is 36.0. The van der Waals surface area contributed by atoms with Crippen LogP contribution in [-0.2, 0) is 33.4 Å². The number of rotatable bonds is 7. The number of hydrogen-bond acceptors (Lipinski definition) is 9. The lowest BCUT2D eigenvalue weighted by atomic mass is 9.74. The van der Waals surface area contributed by atoms with Crippen molar-refractivity contribution in [1.29, 1.82) is 0 Å². The van der Waals surface area contributed by atoms with Crippen LogP contribution in [0.2, 0.25) is 0 Å². The van der Waals surface area contributed by atoms with Crippen LogP contribution in [0.1, 0.15) is 43.0 Å². The maximum absolute atomic E-state index is 15.1. The molecule has 276 valence electrons. The molecule has 7 rings (SSSR count). The molecule has 0 radical (unpaired) electrons. The highest BCUT2D eigenvalue weighted by molar-refractivity contribution is 5.99. The highest BCUT2D eigenvalue weighted by atomic mass is 16.6. The van der Waals surface area contributed by atoms with Crippen LogP contribution >= 0.6 is 0 Å². The van der Waals surface area contributed by atoms with Crippen molar-refractivity contribution in [3.63, 3.8) is 0 Å². The van der Waals surface area contributed by atoms with Crippen LogP contribution in [0.5, 0.6) is 0 Å². The number of likely N-dealkylation sites (N-methyl/N-ethyl adjacent to an activating group) is 1. The molecule has 52 heavy (non-hydrogen) atoms. The number of aliphatic hydroxyl groups is 1. The van der Waals surface area contributed by atoms with Crippen LogP contribution in [0.4, 0.5) is 0 Å². The Balaban J connectivity index is 1.31. The highest BCUT2D eigenvalue weighted by Crippen LogP contribution is 2.57. The molecular weight excluding hydrogens is 664 g/mol. The third-order valence-electron chi connectivity index (χ3n) is 11.4. The topological polar surface area (TPSA) is 129 Å². The lowest BCUT2D eigenvalue weighted by molar-refractivity contribution is -0.164. The lowest BCUT2D eigenvalue weighted by Crippen LogP contribution is -2.57. The largest absolute Gasteiger partial charge is 0.455 e. The number of benzene rings is 2. The molecule has 8 atom stereocenters. The summed E-state index contributed by atoms with van der Waals surface area (Å²) in [4.78, 5) is 65.1. The van der Waals surface area contributed by atoms with Gasteiger partial charge in [0.25, 0.3) is 0 Å². The summed E-state index contributed by atoms with van der Waals surface area (Å²) in [5.41, 5.74) is -0.0825. The van der Waals surface area contributed by atoms with E-state index in [0.717, 1.165) is 13.1 Å². The molecule has 1 spiro atoms. The number of carbonyl (C=O) groups is 4. The maximum atomic E-state index is 15.1. The molecule has 2 aromatic rings. The molecule has 0 unspecified atom stereocenters. The molecule has 0 saturated carbocycles. The Morgan fingerprint density at radius 1 is 0.923 bits per heavy atom. The van der Waals surface area contributed by atoms with Crippen LogP contribution in [0.15, 0.2) is 85.0 Å². The molecule has 5 aliphatic heterocycles. The summed E-state index contributed by atoms with van der Waals surface area (Å²) in [5, 5.41) is 10.9. The summed E-state index contributed by atoms with van der Waals surface area (Å²) in [6.45, 7) is 5.33. The van der Waals surface area contributed by atoms with Gasteiger partial charge >= 0.3 is 5.97 Å². The zero-order chi connectivity index (χ0) is 36.4. The van der Waals surface area contributed by atoms with E-state index >= 15 is 4.79 Å². The van der Waals surface area contributed by atoms with Crippen LogP contribution in [0, 0.1) is 11.8 Å². The molecule has 2 aromatic carbocycles. The third-order valence-corrected chi connectivity index (χ3v) is 11.4. The molecule has 5 heterocycles. The van der Waals surface area contributed by atoms with Crippen molar-refractivity contribution in [1.82, 2.24) is 19.6 Å². The van der Waals surface area contributed by atoms with Gasteiger partial charge in [-0.1, -0.05) is 85.0 Å². The van der Waals surface area contributed by atoms with Gasteiger partial charge in [0.1, 0.15) is 23.7 Å². The Morgan fingerprint density at radius 2 is 1.63 bits per heavy atom. The molecule has 12 nitrogen and oxygen atoms in total. The molecule has 3 saturated heterocycles. The second kappa shape index (κ2) is 15.3. The quantitative estimate of drug-likeness (QED) is 0.340. The number of aliphatic hydroxyl groups excluding tert-OH is 1. The number of fused-ring (bicyclic) bond motifs is 2. The smallest absolute Gasteiger partial charge is 0.313 e. The number of carbonyl (C=O) groups excluding carboxylic acids is 4. The molecule has 12 heteroatoms. The monoisotopic (exact) mass is 712 g/mol. The van der Waals surface area contributed by atoms with Gasteiger partial charge < -0.3 is 34.0 Å². The Kier molecular flexibility index (Phi) is 10.6.